The molecule has 1 fully saturated rings. The van der Waals surface area contributed by atoms with Crippen molar-refractivity contribution in [2.24, 2.45) is 5.41 Å². The van der Waals surface area contributed by atoms with Gasteiger partial charge in [0.25, 0.3) is 0 Å². The van der Waals surface area contributed by atoms with Crippen molar-refractivity contribution in [3.05, 3.63) is 141 Å². The molecule has 1 saturated heterocycles. The Morgan fingerprint density at radius 2 is 1.41 bits per heavy atom. The molecule has 0 saturated carbocycles. The monoisotopic (exact) mass is 549 g/mol. The van der Waals surface area contributed by atoms with E-state index in [0.29, 0.717) is 32.3 Å². The molecule has 3 unspecified atom stereocenters. The van der Waals surface area contributed by atoms with Crippen LogP contribution in [-0.2, 0) is 0 Å². The molecule has 3 aliphatic rings. The fourth-order valence-corrected chi connectivity index (χ4v) is 7.31. The summed E-state index contributed by atoms with van der Waals surface area (Å²) in [6.07, 6.45) is 3.84. The van der Waals surface area contributed by atoms with Crippen molar-refractivity contribution in [2.45, 2.75) is 18.0 Å². The van der Waals surface area contributed by atoms with E-state index in [-0.39, 0.29) is 17.3 Å². The van der Waals surface area contributed by atoms with Crippen molar-refractivity contribution >= 4 is 52.3 Å². The zero-order chi connectivity index (χ0) is 26.9. The molecule has 1 spiro atoms. The molecule has 0 radical (unpaired) electrons. The van der Waals surface area contributed by atoms with Crippen molar-refractivity contribution in [3.8, 4) is 0 Å². The van der Waals surface area contributed by atoms with Gasteiger partial charge in [-0.15, -0.1) is 0 Å². The molecule has 2 aliphatic heterocycles. The van der Waals surface area contributed by atoms with Gasteiger partial charge in [0.1, 0.15) is 11.5 Å². The summed E-state index contributed by atoms with van der Waals surface area (Å²) in [5.41, 5.74) is 1.90. The van der Waals surface area contributed by atoms with Gasteiger partial charge in [-0.25, -0.2) is 0 Å². The van der Waals surface area contributed by atoms with Crippen LogP contribution in [0.5, 0.6) is 0 Å². The molecule has 7 rings (SSSR count). The van der Waals surface area contributed by atoms with Gasteiger partial charge in [-0.1, -0.05) is 114 Å². The van der Waals surface area contributed by atoms with Gasteiger partial charge in [-0.2, -0.15) is 0 Å². The third-order valence-electron chi connectivity index (χ3n) is 8.34. The van der Waals surface area contributed by atoms with Crippen LogP contribution in [0.25, 0.3) is 6.08 Å². The van der Waals surface area contributed by atoms with Crippen molar-refractivity contribution in [1.82, 2.24) is 0 Å². The molecule has 0 amide bonds. The molecule has 6 heteroatoms. The van der Waals surface area contributed by atoms with Crippen molar-refractivity contribution < 1.29 is 14.4 Å². The molecule has 4 nitrogen and oxygen atoms in total. The highest BCUT2D eigenvalue weighted by atomic mass is 35.5. The molecule has 0 aromatic heterocycles. The van der Waals surface area contributed by atoms with E-state index in [0.717, 1.165) is 11.3 Å². The highest BCUT2D eigenvalue weighted by Crippen LogP contribution is 2.61. The second kappa shape index (κ2) is 8.77. The van der Waals surface area contributed by atoms with Crippen molar-refractivity contribution in [3.63, 3.8) is 0 Å². The molecule has 2 heterocycles. The van der Waals surface area contributed by atoms with Gasteiger partial charge in [0.15, 0.2) is 17.3 Å². The van der Waals surface area contributed by atoms with E-state index in [4.69, 9.17) is 23.2 Å². The number of nitrogens with zero attached hydrogens (tertiary/aromatic N) is 1. The third kappa shape index (κ3) is 3.22. The number of carbonyl (C=O) groups excluding carboxylic acids is 3. The van der Waals surface area contributed by atoms with Crippen LogP contribution in [0, 0.1) is 5.41 Å². The minimum atomic E-state index is -1.60. The lowest BCUT2D eigenvalue weighted by Gasteiger charge is -2.37. The van der Waals surface area contributed by atoms with E-state index in [1.54, 1.807) is 54.6 Å². The Labute approximate surface area is 235 Å². The molecule has 0 bridgehead atoms. The van der Waals surface area contributed by atoms with Crippen LogP contribution in [0.15, 0.2) is 103 Å². The van der Waals surface area contributed by atoms with E-state index >= 15 is 0 Å². The van der Waals surface area contributed by atoms with Gasteiger partial charge in [-0.05, 0) is 29.3 Å². The minimum Gasteiger partial charge on any atom is -0.352 e. The summed E-state index contributed by atoms with van der Waals surface area (Å²) in [6.45, 7) is 0. The lowest BCUT2D eigenvalue weighted by atomic mass is 9.64. The maximum Gasteiger partial charge on any atom is 0.185 e. The average molecular weight is 550 g/mol. The third-order valence-corrected chi connectivity index (χ3v) is 8.90. The first-order valence-corrected chi connectivity index (χ1v) is 13.5. The second-order valence-corrected chi connectivity index (χ2v) is 11.0. The topological polar surface area (TPSA) is 54.5 Å². The average Bonchev–Trinajstić information content (AvgIpc) is 3.39. The first-order valence-electron chi connectivity index (χ1n) is 12.7. The SMILES string of the molecule is O=C(c1ccccc1)C1C(c2ccc(Cl)cc2Cl)C2(C(=O)c3ccccc3C2=O)C2C=Cc3ccccc3N12. The maximum atomic E-state index is 14.6. The Morgan fingerprint density at radius 3 is 2.10 bits per heavy atom. The summed E-state index contributed by atoms with van der Waals surface area (Å²) in [5.74, 6) is -1.64. The predicted molar refractivity (Wildman–Crippen MR) is 153 cm³/mol. The summed E-state index contributed by atoms with van der Waals surface area (Å²) in [6, 6.07) is 27.1. The predicted octanol–water partition coefficient (Wildman–Crippen LogP) is 7.31. The number of para-hydroxylation sites is 1. The van der Waals surface area contributed by atoms with Gasteiger partial charge in [0, 0.05) is 38.3 Å². The fraction of sp³-hybridized carbons (Fsp3) is 0.121. The largest absolute Gasteiger partial charge is 0.352 e. The molecule has 3 atom stereocenters. The van der Waals surface area contributed by atoms with Crippen LogP contribution >= 0.6 is 23.2 Å². The molecule has 190 valence electrons. The number of halogens is 2. The number of Topliss-reactive ketones (excluding diaryl/α,β-unsaturated/α-hetero) is 3. The number of hydrogen-bond acceptors (Lipinski definition) is 4. The fourth-order valence-electron chi connectivity index (χ4n) is 6.79. The number of carbonyl (C=O) groups is 3. The van der Waals surface area contributed by atoms with Crippen LogP contribution in [-0.4, -0.2) is 29.4 Å². The van der Waals surface area contributed by atoms with Gasteiger partial charge >= 0.3 is 0 Å². The summed E-state index contributed by atoms with van der Waals surface area (Å²) < 4.78 is 0. The summed E-state index contributed by atoms with van der Waals surface area (Å²) in [7, 11) is 0. The highest BCUT2D eigenvalue weighted by molar-refractivity contribution is 6.36. The molecule has 1 aliphatic carbocycles. The van der Waals surface area contributed by atoms with Crippen LogP contribution in [0.4, 0.5) is 5.69 Å². The number of anilines is 1. The number of rotatable bonds is 3. The Kier molecular flexibility index (Phi) is 5.41. The Morgan fingerprint density at radius 1 is 0.769 bits per heavy atom. The van der Waals surface area contributed by atoms with Crippen molar-refractivity contribution in [1.29, 1.82) is 0 Å². The lowest BCUT2D eigenvalue weighted by molar-refractivity contribution is 0.0666. The molecule has 0 N–H and O–H groups in total. The smallest absolute Gasteiger partial charge is 0.185 e. The van der Waals surface area contributed by atoms with Crippen LogP contribution < -0.4 is 4.90 Å². The number of benzene rings is 4. The van der Waals surface area contributed by atoms with E-state index in [1.807, 2.05) is 59.5 Å². The first-order chi connectivity index (χ1) is 18.9. The highest BCUT2D eigenvalue weighted by Gasteiger charge is 2.71. The van der Waals surface area contributed by atoms with E-state index < -0.39 is 23.4 Å². The molecule has 4 aromatic carbocycles. The summed E-state index contributed by atoms with van der Waals surface area (Å²) in [4.78, 5) is 45.7. The van der Waals surface area contributed by atoms with Crippen LogP contribution in [0.2, 0.25) is 10.0 Å². The summed E-state index contributed by atoms with van der Waals surface area (Å²) in [5, 5.41) is 0.739. The minimum absolute atomic E-state index is 0.185. The first kappa shape index (κ1) is 24.1. The standard InChI is InChI=1S/C33H21Cl2NO3/c34-21-15-16-24(25(35)18-21)28-29(30(37)20-9-2-1-3-10-20)36-26-13-7-4-8-19(26)14-17-27(36)33(28)31(38)22-11-5-6-12-23(22)32(33)39/h1-18,27-29H. The molecule has 4 aromatic rings. The van der Waals surface area contributed by atoms with Gasteiger partial charge in [0.05, 0.1) is 6.04 Å². The van der Waals surface area contributed by atoms with Gasteiger partial charge in [-0.3, -0.25) is 14.4 Å². The Bertz CT molecular complexity index is 1690. The zero-order valence-corrected chi connectivity index (χ0v) is 22.1. The summed E-state index contributed by atoms with van der Waals surface area (Å²) >= 11 is 13.1. The zero-order valence-electron chi connectivity index (χ0n) is 20.6. The molecular formula is C33H21Cl2NO3. The van der Waals surface area contributed by atoms with E-state index in [1.165, 1.54) is 0 Å². The normalized spacial score (nSPS) is 22.1. The van der Waals surface area contributed by atoms with Crippen molar-refractivity contribution in [2.75, 3.05) is 4.90 Å². The molecular weight excluding hydrogens is 529 g/mol. The number of fused-ring (bicyclic) bond motifs is 5. The van der Waals surface area contributed by atoms with Crippen LogP contribution in [0.3, 0.4) is 0 Å². The second-order valence-electron chi connectivity index (χ2n) is 10.2. The van der Waals surface area contributed by atoms with E-state index in [9.17, 15) is 14.4 Å². The van der Waals surface area contributed by atoms with Gasteiger partial charge in [0.2, 0.25) is 0 Å². The lowest BCUT2D eigenvalue weighted by Crippen LogP contribution is -2.48. The van der Waals surface area contributed by atoms with E-state index in [2.05, 4.69) is 0 Å². The molecule has 39 heavy (non-hydrogen) atoms. The van der Waals surface area contributed by atoms with Crippen LogP contribution in [0.1, 0.15) is 48.1 Å². The van der Waals surface area contributed by atoms with Gasteiger partial charge < -0.3 is 4.90 Å². The Balaban J connectivity index is 1.57. The number of ketones is 3. The Hall–Kier alpha value is -3.99. The maximum absolute atomic E-state index is 14.6. The number of hydrogen-bond donors (Lipinski definition) is 0. The quantitative estimate of drug-likeness (QED) is 0.198.